The van der Waals surface area contributed by atoms with Crippen molar-refractivity contribution in [1.29, 1.82) is 0 Å². The number of carbonyl (C=O) groups is 1. The van der Waals surface area contributed by atoms with Gasteiger partial charge in [-0.25, -0.2) is 0 Å². The number of amides is 1. The molecule has 2 N–H and O–H groups in total. The van der Waals surface area contributed by atoms with Crippen molar-refractivity contribution in [2.24, 2.45) is 0 Å². The van der Waals surface area contributed by atoms with Crippen LogP contribution in [0, 0.1) is 0 Å². The molecule has 3 atom stereocenters. The zero-order valence-electron chi connectivity index (χ0n) is 44.8. The third-order valence-electron chi connectivity index (χ3n) is 12.1. The predicted octanol–water partition coefficient (Wildman–Crippen LogP) is 16.2. The second kappa shape index (κ2) is 49.7. The van der Waals surface area contributed by atoms with Gasteiger partial charge < -0.3 is 28.8 Å². The van der Waals surface area contributed by atoms with E-state index in [-0.39, 0.29) is 19.1 Å². The fourth-order valence-corrected chi connectivity index (χ4v) is 8.51. The summed E-state index contributed by atoms with van der Waals surface area (Å²) in [7, 11) is 1.30. The van der Waals surface area contributed by atoms with Gasteiger partial charge in [-0.05, 0) is 70.6 Å². The molecule has 0 bridgehead atoms. The second-order valence-corrected chi connectivity index (χ2v) is 21.3. The normalized spacial score (nSPS) is 14.6. The smallest absolute Gasteiger partial charge is 0.268 e. The lowest BCUT2D eigenvalue weighted by molar-refractivity contribution is -0.870. The minimum atomic E-state index is -4.56. The quantitative estimate of drug-likeness (QED) is 0.0272. The molecule has 9 heteroatoms. The minimum absolute atomic E-state index is 0.0102. The first kappa shape index (κ1) is 65.7. The largest absolute Gasteiger partial charge is 0.756 e. The lowest BCUT2D eigenvalue weighted by atomic mass is 10.0. The number of hydrogen-bond donors (Lipinski definition) is 2. The number of nitrogens with one attached hydrogen (secondary N) is 1. The number of aliphatic hydroxyl groups excluding tert-OH is 1. The summed E-state index contributed by atoms with van der Waals surface area (Å²) >= 11 is 0. The van der Waals surface area contributed by atoms with Gasteiger partial charge in [-0.1, -0.05) is 240 Å². The number of hydrogen-bond acceptors (Lipinski definition) is 6. The molecular formula is C59H107N2O6P. The molecule has 0 aliphatic heterocycles. The van der Waals surface area contributed by atoms with E-state index in [2.05, 4.69) is 104 Å². The van der Waals surface area contributed by atoms with Crippen LogP contribution in [0.15, 0.2) is 85.1 Å². The number of nitrogens with zero attached hydrogens (tertiary/aromatic N) is 1. The van der Waals surface area contributed by atoms with E-state index in [0.29, 0.717) is 23.9 Å². The van der Waals surface area contributed by atoms with E-state index in [1.165, 1.54) is 122 Å². The van der Waals surface area contributed by atoms with Gasteiger partial charge in [0.2, 0.25) is 5.91 Å². The van der Waals surface area contributed by atoms with Crippen molar-refractivity contribution >= 4 is 13.7 Å². The Balaban J connectivity index is 3.84. The van der Waals surface area contributed by atoms with Crippen molar-refractivity contribution in [3.8, 4) is 0 Å². The van der Waals surface area contributed by atoms with Crippen molar-refractivity contribution in [1.82, 2.24) is 5.32 Å². The first-order valence-corrected chi connectivity index (χ1v) is 29.4. The lowest BCUT2D eigenvalue weighted by Gasteiger charge is -2.30. The monoisotopic (exact) mass is 971 g/mol. The SMILES string of the molecule is CC/C=C\C/C=C\C/C=C\C/C=C\C/C=C\C/C=C\C/C=C\CCCCCCCCCCCCCCCCCCCC(=O)NC(COP(=O)([O-])OCC[N+](C)(C)C)C(O)CCCCCCCCC. The van der Waals surface area contributed by atoms with Crippen molar-refractivity contribution in [2.75, 3.05) is 40.9 Å². The van der Waals surface area contributed by atoms with Gasteiger partial charge in [-0.3, -0.25) is 9.36 Å². The molecule has 0 aromatic carbocycles. The minimum Gasteiger partial charge on any atom is -0.756 e. The van der Waals surface area contributed by atoms with Crippen LogP contribution in [-0.4, -0.2) is 68.5 Å². The molecule has 3 unspecified atom stereocenters. The number of carbonyl (C=O) groups excluding carboxylic acids is 1. The van der Waals surface area contributed by atoms with Crippen LogP contribution in [0.3, 0.4) is 0 Å². The molecule has 394 valence electrons. The van der Waals surface area contributed by atoms with Crippen molar-refractivity contribution in [3.05, 3.63) is 85.1 Å². The zero-order chi connectivity index (χ0) is 49.9. The molecule has 1 amide bonds. The molecule has 0 radical (unpaired) electrons. The van der Waals surface area contributed by atoms with E-state index in [4.69, 9.17) is 9.05 Å². The molecule has 0 aromatic heterocycles. The molecular weight excluding hydrogens is 864 g/mol. The molecule has 0 aliphatic rings. The third-order valence-corrected chi connectivity index (χ3v) is 13.1. The highest BCUT2D eigenvalue weighted by Crippen LogP contribution is 2.38. The summed E-state index contributed by atoms with van der Waals surface area (Å²) in [5.74, 6) is -0.170. The number of quaternary nitrogens is 1. The molecule has 0 spiro atoms. The van der Waals surface area contributed by atoms with E-state index >= 15 is 0 Å². The fraction of sp³-hybridized carbons (Fsp3) is 0.746. The summed E-state index contributed by atoms with van der Waals surface area (Å²) in [4.78, 5) is 25.3. The van der Waals surface area contributed by atoms with E-state index < -0.39 is 20.0 Å². The molecule has 0 fully saturated rings. The summed E-state index contributed by atoms with van der Waals surface area (Å²) in [6.45, 7) is 4.55. The highest BCUT2D eigenvalue weighted by molar-refractivity contribution is 7.45. The third kappa shape index (κ3) is 51.5. The Morgan fingerprint density at radius 3 is 1.31 bits per heavy atom. The van der Waals surface area contributed by atoms with Gasteiger partial charge in [0.05, 0.1) is 39.9 Å². The number of allylic oxidation sites excluding steroid dienone is 14. The Labute approximate surface area is 420 Å². The van der Waals surface area contributed by atoms with Gasteiger partial charge in [0.1, 0.15) is 13.2 Å². The predicted molar refractivity (Wildman–Crippen MR) is 293 cm³/mol. The van der Waals surface area contributed by atoms with Crippen LogP contribution in [-0.2, 0) is 18.4 Å². The number of phosphoric acid groups is 1. The van der Waals surface area contributed by atoms with Crippen LogP contribution in [0.5, 0.6) is 0 Å². The number of unbranched alkanes of at least 4 members (excludes halogenated alkanes) is 23. The van der Waals surface area contributed by atoms with Gasteiger partial charge in [0, 0.05) is 6.42 Å². The van der Waals surface area contributed by atoms with Gasteiger partial charge >= 0.3 is 0 Å². The first-order valence-electron chi connectivity index (χ1n) is 27.9. The molecule has 68 heavy (non-hydrogen) atoms. The van der Waals surface area contributed by atoms with Crippen molar-refractivity contribution in [2.45, 2.75) is 244 Å². The highest BCUT2D eigenvalue weighted by atomic mass is 31.2. The maximum absolute atomic E-state index is 12.9. The average molecular weight is 971 g/mol. The Bertz CT molecular complexity index is 1380. The van der Waals surface area contributed by atoms with Crippen LogP contribution in [0.25, 0.3) is 0 Å². The molecule has 0 rings (SSSR count). The standard InChI is InChI=1S/C59H107N2O6P/c1-6-8-10-12-14-15-16-17-18-19-20-21-22-23-24-25-26-27-28-29-30-31-32-33-34-35-36-37-38-39-40-41-42-43-44-45-47-49-51-53-59(63)60-57(58(62)52-50-48-46-13-11-9-7-2)56-67-68(64,65)66-55-54-61(3,4)5/h8,10,14-15,17-18,20-21,23-24,26-27,29-30,57-58,62H,6-7,9,11-13,16,19,22,25,28,31-56H2,1-5H3,(H-,60,63,64,65)/b10-8-,15-14-,18-17-,21-20-,24-23-,27-26-,30-29-. The summed E-state index contributed by atoms with van der Waals surface area (Å²) in [5.41, 5.74) is 0. The Morgan fingerprint density at radius 2 is 0.897 bits per heavy atom. The van der Waals surface area contributed by atoms with Crippen LogP contribution in [0.1, 0.15) is 232 Å². The van der Waals surface area contributed by atoms with Crippen molar-refractivity contribution < 1.29 is 32.9 Å². The maximum atomic E-state index is 12.9. The average Bonchev–Trinajstić information content (AvgIpc) is 3.30. The summed E-state index contributed by atoms with van der Waals surface area (Å²) < 4.78 is 23.2. The molecule has 8 nitrogen and oxygen atoms in total. The molecule has 0 saturated heterocycles. The van der Waals surface area contributed by atoms with E-state index in [1.807, 2.05) is 21.1 Å². The van der Waals surface area contributed by atoms with Crippen LogP contribution >= 0.6 is 7.82 Å². The Hall–Kier alpha value is -2.32. The first-order chi connectivity index (χ1) is 33.0. The topological polar surface area (TPSA) is 108 Å². The lowest BCUT2D eigenvalue weighted by Crippen LogP contribution is -2.46. The van der Waals surface area contributed by atoms with E-state index in [9.17, 15) is 19.4 Å². The van der Waals surface area contributed by atoms with Crippen LogP contribution in [0.4, 0.5) is 0 Å². The van der Waals surface area contributed by atoms with Gasteiger partial charge in [-0.15, -0.1) is 0 Å². The van der Waals surface area contributed by atoms with Crippen LogP contribution < -0.4 is 10.2 Å². The van der Waals surface area contributed by atoms with E-state index in [1.54, 1.807) is 0 Å². The van der Waals surface area contributed by atoms with Crippen molar-refractivity contribution in [3.63, 3.8) is 0 Å². The van der Waals surface area contributed by atoms with Gasteiger partial charge in [-0.2, -0.15) is 0 Å². The summed E-state index contributed by atoms with van der Waals surface area (Å²) in [6.07, 6.45) is 69.4. The number of phosphoric ester groups is 1. The molecule has 0 heterocycles. The molecule has 0 saturated carbocycles. The van der Waals surface area contributed by atoms with E-state index in [0.717, 1.165) is 83.5 Å². The fourth-order valence-electron chi connectivity index (χ4n) is 7.79. The maximum Gasteiger partial charge on any atom is 0.268 e. The number of rotatable bonds is 50. The van der Waals surface area contributed by atoms with Gasteiger partial charge in [0.25, 0.3) is 7.82 Å². The molecule has 0 aromatic rings. The zero-order valence-corrected chi connectivity index (χ0v) is 45.7. The highest BCUT2D eigenvalue weighted by Gasteiger charge is 2.24. The summed E-state index contributed by atoms with van der Waals surface area (Å²) in [6, 6.07) is -0.799. The molecule has 0 aliphatic carbocycles. The second-order valence-electron chi connectivity index (χ2n) is 19.9. The number of aliphatic hydroxyl groups is 1. The van der Waals surface area contributed by atoms with Gasteiger partial charge in [0.15, 0.2) is 0 Å². The summed E-state index contributed by atoms with van der Waals surface area (Å²) in [5, 5.41) is 13.8. The Kier molecular flexibility index (Phi) is 48.0. The Morgan fingerprint density at radius 1 is 0.529 bits per heavy atom. The van der Waals surface area contributed by atoms with Crippen LogP contribution in [0.2, 0.25) is 0 Å². The number of likely N-dealkylation sites (N-methyl/N-ethyl adjacent to an activating group) is 1.